The van der Waals surface area contributed by atoms with E-state index >= 15 is 0 Å². The van der Waals surface area contributed by atoms with Crippen LogP contribution in [-0.2, 0) is 23.7 Å². The summed E-state index contributed by atoms with van der Waals surface area (Å²) in [7, 11) is 0. The molecule has 5 aliphatic rings. The number of esters is 2. The van der Waals surface area contributed by atoms with E-state index in [2.05, 4.69) is 0 Å². The minimum atomic E-state index is -1.69. The molecule has 0 aromatic heterocycles. The third-order valence-corrected chi connectivity index (χ3v) is 8.07. The number of hydrogen-bond acceptors (Lipinski definition) is 11. The van der Waals surface area contributed by atoms with Gasteiger partial charge >= 0.3 is 11.9 Å². The first-order valence-electron chi connectivity index (χ1n) is 11.2. The molecule has 2 saturated heterocycles. The normalized spacial score (nSPS) is 47.0. The second-order valence-corrected chi connectivity index (χ2v) is 9.76. The molecule has 0 spiro atoms. The van der Waals surface area contributed by atoms with Gasteiger partial charge in [0.15, 0.2) is 6.29 Å². The molecule has 5 N–H and O–H groups in total. The first-order chi connectivity index (χ1) is 16.1. The van der Waals surface area contributed by atoms with Gasteiger partial charge in [0.05, 0.1) is 18.3 Å². The maximum absolute atomic E-state index is 13.2. The molecule has 3 aliphatic carbocycles. The fourth-order valence-electron chi connectivity index (χ4n) is 6.19. The van der Waals surface area contributed by atoms with Gasteiger partial charge in [-0.05, 0) is 25.5 Å². The van der Waals surface area contributed by atoms with Gasteiger partial charge in [-0.15, -0.1) is 0 Å². The summed E-state index contributed by atoms with van der Waals surface area (Å²) in [6, 6.07) is 8.20. The number of carbonyl (C=O) groups excluding carboxylic acids is 2. The highest BCUT2D eigenvalue weighted by atomic mass is 16.7. The van der Waals surface area contributed by atoms with Crippen molar-refractivity contribution in [2.45, 2.75) is 67.8 Å². The Morgan fingerprint density at radius 1 is 1.09 bits per heavy atom. The van der Waals surface area contributed by atoms with Crippen LogP contribution in [0.3, 0.4) is 0 Å². The standard InChI is InChI=1S/C23H28O11/c1-21-8-13(25)12-7-23(21,33-19-17(28)16(27)15(26)14(9-24)32-19)22(12,20(30)34-21)10-31-18(29)11-5-3-2-4-6-11/h2-6,12-17,19,24-28H,7-10H2,1H3/t12-,13+,14-,15-,16+,17-,19+,21-,22-,23-/m1/s1. The van der Waals surface area contributed by atoms with E-state index in [1.807, 2.05) is 0 Å². The summed E-state index contributed by atoms with van der Waals surface area (Å²) in [5.41, 5.74) is -4.08. The van der Waals surface area contributed by atoms with Crippen molar-refractivity contribution in [2.75, 3.05) is 13.2 Å². The largest absolute Gasteiger partial charge is 0.461 e. The average Bonchev–Trinajstić information content (AvgIpc) is 2.88. The molecule has 1 aromatic rings. The Bertz CT molecular complexity index is 969. The van der Waals surface area contributed by atoms with Gasteiger partial charge in [-0.1, -0.05) is 18.2 Å². The molecule has 4 bridgehead atoms. The lowest BCUT2D eigenvalue weighted by molar-refractivity contribution is -0.394. The number of ether oxygens (including phenoxy) is 4. The second kappa shape index (κ2) is 7.95. The van der Waals surface area contributed by atoms with Crippen molar-refractivity contribution >= 4 is 11.9 Å². The van der Waals surface area contributed by atoms with Gasteiger partial charge in [0, 0.05) is 12.3 Å². The van der Waals surface area contributed by atoms with Crippen LogP contribution < -0.4 is 0 Å². The van der Waals surface area contributed by atoms with Crippen LogP contribution in [0.5, 0.6) is 0 Å². The highest BCUT2D eigenvalue weighted by Gasteiger charge is 2.88. The molecule has 11 nitrogen and oxygen atoms in total. The summed E-state index contributed by atoms with van der Waals surface area (Å²) >= 11 is 0. The Labute approximate surface area is 194 Å². The molecule has 5 fully saturated rings. The molecule has 0 amide bonds. The van der Waals surface area contributed by atoms with E-state index in [1.54, 1.807) is 37.3 Å². The highest BCUT2D eigenvalue weighted by Crippen LogP contribution is 2.73. The highest BCUT2D eigenvalue weighted by molar-refractivity contribution is 5.90. The third kappa shape index (κ3) is 2.95. The zero-order valence-corrected chi connectivity index (χ0v) is 18.4. The van der Waals surface area contributed by atoms with Gasteiger partial charge in [-0.3, -0.25) is 4.79 Å². The maximum atomic E-state index is 13.2. The fourth-order valence-corrected chi connectivity index (χ4v) is 6.19. The van der Waals surface area contributed by atoms with Crippen LogP contribution >= 0.6 is 0 Å². The van der Waals surface area contributed by atoms with Crippen molar-refractivity contribution in [1.82, 2.24) is 0 Å². The third-order valence-electron chi connectivity index (χ3n) is 8.07. The predicted molar refractivity (Wildman–Crippen MR) is 110 cm³/mol. The molecule has 11 heteroatoms. The minimum Gasteiger partial charge on any atom is -0.461 e. The van der Waals surface area contributed by atoms with Gasteiger partial charge in [-0.25, -0.2) is 4.79 Å². The number of aliphatic hydroxyl groups is 5. The van der Waals surface area contributed by atoms with Crippen molar-refractivity contribution in [3.63, 3.8) is 0 Å². The van der Waals surface area contributed by atoms with E-state index in [0.29, 0.717) is 0 Å². The van der Waals surface area contributed by atoms with Gasteiger partial charge in [-0.2, -0.15) is 0 Å². The Balaban J connectivity index is 1.46. The topological polar surface area (TPSA) is 172 Å². The molecule has 34 heavy (non-hydrogen) atoms. The predicted octanol–water partition coefficient (Wildman–Crippen LogP) is -1.51. The summed E-state index contributed by atoms with van der Waals surface area (Å²) < 4.78 is 22.9. The minimum absolute atomic E-state index is 0.0508. The molecule has 186 valence electrons. The number of benzene rings is 1. The molecule has 0 unspecified atom stereocenters. The number of carbonyl (C=O) groups is 2. The molecule has 0 radical (unpaired) electrons. The van der Waals surface area contributed by atoms with Gasteiger partial charge < -0.3 is 44.5 Å². The molecule has 3 saturated carbocycles. The molecule has 2 aliphatic heterocycles. The van der Waals surface area contributed by atoms with Crippen molar-refractivity contribution in [3.8, 4) is 0 Å². The van der Waals surface area contributed by atoms with Crippen LogP contribution in [0, 0.1) is 11.3 Å². The Hall–Kier alpha value is -2.12. The molecular weight excluding hydrogens is 452 g/mol. The van der Waals surface area contributed by atoms with Crippen molar-refractivity contribution in [1.29, 1.82) is 0 Å². The van der Waals surface area contributed by atoms with E-state index in [1.165, 1.54) is 0 Å². The van der Waals surface area contributed by atoms with Crippen LogP contribution in [0.2, 0.25) is 0 Å². The molecule has 1 aromatic carbocycles. The van der Waals surface area contributed by atoms with Crippen LogP contribution in [0.25, 0.3) is 0 Å². The fraction of sp³-hybridized carbons (Fsp3) is 0.652. The SMILES string of the molecule is C[C@@]12C[C@H](O)[C@H]3C[C@]1(O[C@@H]1O[C@H](CO)[C@@H](O)[C@H](O)[C@H]1O)[C@@]3(COC(=O)c1ccccc1)C(=O)O2. The monoisotopic (exact) mass is 480 g/mol. The molecule has 6 rings (SSSR count). The smallest absolute Gasteiger partial charge is 0.338 e. The number of hydrogen-bond donors (Lipinski definition) is 5. The summed E-state index contributed by atoms with van der Waals surface area (Å²) in [5.74, 6) is -2.00. The number of rotatable bonds is 6. The van der Waals surface area contributed by atoms with Crippen LogP contribution in [0.15, 0.2) is 30.3 Å². The summed E-state index contributed by atoms with van der Waals surface area (Å²) in [4.78, 5) is 25.9. The summed E-state index contributed by atoms with van der Waals surface area (Å²) in [6.07, 6.45) is -8.41. The van der Waals surface area contributed by atoms with Crippen molar-refractivity contribution in [2.24, 2.45) is 11.3 Å². The van der Waals surface area contributed by atoms with E-state index in [0.717, 1.165) is 0 Å². The van der Waals surface area contributed by atoms with E-state index in [-0.39, 0.29) is 18.4 Å². The van der Waals surface area contributed by atoms with Crippen molar-refractivity contribution in [3.05, 3.63) is 35.9 Å². The van der Waals surface area contributed by atoms with Crippen LogP contribution in [0.1, 0.15) is 30.1 Å². The van der Waals surface area contributed by atoms with E-state index < -0.39 is 84.5 Å². The van der Waals surface area contributed by atoms with Crippen LogP contribution in [-0.4, -0.2) is 98.7 Å². The Kier molecular flexibility index (Phi) is 5.52. The van der Waals surface area contributed by atoms with E-state index in [4.69, 9.17) is 18.9 Å². The molecule has 2 heterocycles. The second-order valence-electron chi connectivity index (χ2n) is 9.76. The lowest BCUT2D eigenvalue weighted by atomic mass is 9.40. The maximum Gasteiger partial charge on any atom is 0.338 e. The summed E-state index contributed by atoms with van der Waals surface area (Å²) in [5, 5.41) is 51.0. The molecule has 10 atom stereocenters. The lowest BCUT2D eigenvalue weighted by Crippen LogP contribution is -2.80. The van der Waals surface area contributed by atoms with Crippen molar-refractivity contribution < 1.29 is 54.1 Å². The quantitative estimate of drug-likeness (QED) is 0.300. The van der Waals surface area contributed by atoms with E-state index in [9.17, 15) is 35.1 Å². The lowest BCUT2D eigenvalue weighted by Gasteiger charge is -2.66. The summed E-state index contributed by atoms with van der Waals surface area (Å²) in [6.45, 7) is 0.508. The first kappa shape index (κ1) is 23.6. The van der Waals surface area contributed by atoms with Gasteiger partial charge in [0.1, 0.15) is 47.6 Å². The Morgan fingerprint density at radius 3 is 2.47 bits per heavy atom. The number of fused-ring (bicyclic) bond motifs is 1. The van der Waals surface area contributed by atoms with Gasteiger partial charge in [0.25, 0.3) is 0 Å². The Morgan fingerprint density at radius 2 is 1.79 bits per heavy atom. The first-order valence-corrected chi connectivity index (χ1v) is 11.2. The zero-order valence-electron chi connectivity index (χ0n) is 18.4. The number of aliphatic hydroxyl groups excluding tert-OH is 5. The van der Waals surface area contributed by atoms with Gasteiger partial charge in [0.2, 0.25) is 0 Å². The molecular formula is C23H28O11. The average molecular weight is 480 g/mol. The van der Waals surface area contributed by atoms with Crippen LogP contribution in [0.4, 0.5) is 0 Å². The zero-order chi connectivity index (χ0) is 24.5.